The van der Waals surface area contributed by atoms with E-state index < -0.39 is 17.3 Å². The Morgan fingerprint density at radius 3 is 2.81 bits per heavy atom. The number of carboxylic acids is 1. The molecule has 0 spiro atoms. The van der Waals surface area contributed by atoms with E-state index in [2.05, 4.69) is 38.2 Å². The van der Waals surface area contributed by atoms with E-state index in [9.17, 15) is 14.7 Å². The molecule has 186 valence electrons. The normalized spacial score (nSPS) is 18.3. The van der Waals surface area contributed by atoms with E-state index in [1.165, 1.54) is 11.6 Å². The number of pyridine rings is 1. The fourth-order valence-electron chi connectivity index (χ4n) is 4.55. The molecule has 3 N–H and O–H groups in total. The van der Waals surface area contributed by atoms with Crippen molar-refractivity contribution in [3.8, 4) is 0 Å². The Hall–Kier alpha value is -3.95. The Labute approximate surface area is 209 Å². The van der Waals surface area contributed by atoms with Crippen molar-refractivity contribution in [1.82, 2.24) is 19.8 Å². The molecule has 2 aromatic heterocycles. The van der Waals surface area contributed by atoms with Gasteiger partial charge in [0, 0.05) is 61.8 Å². The number of carboxylic acid groups (broad SMARTS) is 1. The predicted molar refractivity (Wildman–Crippen MR) is 137 cm³/mol. The summed E-state index contributed by atoms with van der Waals surface area (Å²) < 4.78 is 5.75. The minimum Gasteiger partial charge on any atom is -0.477 e. The number of hydrogen-bond donors (Lipinski definition) is 3. The number of aliphatic carboxylic acids is 1. The van der Waals surface area contributed by atoms with Gasteiger partial charge < -0.3 is 29.9 Å². The van der Waals surface area contributed by atoms with Crippen LogP contribution in [0.2, 0.25) is 0 Å². The second kappa shape index (κ2) is 9.96. The maximum absolute atomic E-state index is 12.9. The number of fused-ring (bicyclic) bond motifs is 1. The number of nitrogens with zero attached hydrogens (tertiary/aromatic N) is 3. The number of aryl methyl sites for hydroxylation is 1. The number of benzene rings is 1. The van der Waals surface area contributed by atoms with E-state index in [0.717, 1.165) is 50.1 Å². The molecular weight excluding hydrogens is 458 g/mol. The minimum atomic E-state index is -1.34. The molecule has 0 bridgehead atoms. The van der Waals surface area contributed by atoms with Crippen molar-refractivity contribution in [3.05, 3.63) is 76.6 Å². The number of anilines is 1. The largest absolute Gasteiger partial charge is 0.477 e. The van der Waals surface area contributed by atoms with Gasteiger partial charge in [0.25, 0.3) is 0 Å². The Kier molecular flexibility index (Phi) is 6.58. The maximum atomic E-state index is 12.9. The molecule has 36 heavy (non-hydrogen) atoms. The number of carbonyl (C=O) groups is 2. The number of hydrogen-bond acceptors (Lipinski definition) is 7. The number of Topliss-reactive ketones (excluding diaryl/α,β-unsaturated/α-hetero) is 1. The molecule has 2 aliphatic rings. The van der Waals surface area contributed by atoms with Crippen molar-refractivity contribution in [3.63, 3.8) is 0 Å². The molecule has 0 radical (unpaired) electrons. The van der Waals surface area contributed by atoms with Gasteiger partial charge in [0.1, 0.15) is 5.65 Å². The first-order valence-corrected chi connectivity index (χ1v) is 12.0. The molecule has 5 rings (SSSR count). The van der Waals surface area contributed by atoms with Crippen LogP contribution in [0.3, 0.4) is 0 Å². The van der Waals surface area contributed by atoms with Gasteiger partial charge >= 0.3 is 5.97 Å². The number of carbonyl (C=O) groups excluding carboxylic acids is 1. The van der Waals surface area contributed by atoms with Gasteiger partial charge in [-0.15, -0.1) is 0 Å². The van der Waals surface area contributed by atoms with E-state index in [-0.39, 0.29) is 11.6 Å². The highest BCUT2D eigenvalue weighted by Crippen LogP contribution is 2.30. The zero-order valence-corrected chi connectivity index (χ0v) is 20.4. The van der Waals surface area contributed by atoms with E-state index in [4.69, 9.17) is 4.74 Å². The van der Waals surface area contributed by atoms with Crippen LogP contribution in [-0.2, 0) is 20.7 Å². The lowest BCUT2D eigenvalue weighted by Gasteiger charge is -2.32. The first kappa shape index (κ1) is 23.8. The van der Waals surface area contributed by atoms with Crippen LogP contribution in [0.15, 0.2) is 59.9 Å². The molecule has 0 amide bonds. The van der Waals surface area contributed by atoms with Crippen LogP contribution >= 0.6 is 0 Å². The van der Waals surface area contributed by atoms with E-state index in [1.54, 1.807) is 18.5 Å². The summed E-state index contributed by atoms with van der Waals surface area (Å²) in [4.78, 5) is 36.9. The van der Waals surface area contributed by atoms with Crippen molar-refractivity contribution in [2.24, 2.45) is 0 Å². The Morgan fingerprint density at radius 1 is 1.25 bits per heavy atom. The van der Waals surface area contributed by atoms with Gasteiger partial charge in [-0.05, 0) is 55.8 Å². The van der Waals surface area contributed by atoms with Gasteiger partial charge in [0.2, 0.25) is 11.7 Å². The Balaban J connectivity index is 1.31. The van der Waals surface area contributed by atoms with Crippen LogP contribution in [0.4, 0.5) is 5.69 Å². The minimum absolute atomic E-state index is 0.0545. The lowest BCUT2D eigenvalue weighted by atomic mass is 10.1. The van der Waals surface area contributed by atoms with Crippen LogP contribution in [0.5, 0.6) is 0 Å². The fourth-order valence-corrected chi connectivity index (χ4v) is 4.55. The zero-order valence-electron chi connectivity index (χ0n) is 20.4. The first-order chi connectivity index (χ1) is 17.4. The number of ketones is 1. The first-order valence-electron chi connectivity index (χ1n) is 12.0. The number of rotatable bonds is 7. The quantitative estimate of drug-likeness (QED) is 0.345. The summed E-state index contributed by atoms with van der Waals surface area (Å²) in [6.07, 6.45) is 5.85. The van der Waals surface area contributed by atoms with Crippen molar-refractivity contribution in [1.29, 1.82) is 0 Å². The van der Waals surface area contributed by atoms with Gasteiger partial charge in [-0.25, -0.2) is 9.78 Å². The topological polar surface area (TPSA) is 111 Å². The van der Waals surface area contributed by atoms with Crippen LogP contribution in [0, 0.1) is 6.92 Å². The fraction of sp³-hybridized carbons (Fsp3) is 0.296. The lowest BCUT2D eigenvalue weighted by Crippen LogP contribution is -2.45. The van der Waals surface area contributed by atoms with E-state index in [1.807, 2.05) is 25.1 Å². The van der Waals surface area contributed by atoms with Crippen LogP contribution in [0.1, 0.15) is 16.7 Å². The summed E-state index contributed by atoms with van der Waals surface area (Å²) in [7, 11) is 2.15. The highest BCUT2D eigenvalue weighted by Gasteiger charge is 2.36. The monoisotopic (exact) mass is 487 g/mol. The molecule has 0 aliphatic carbocycles. The second-order valence-corrected chi connectivity index (χ2v) is 9.26. The molecule has 3 aromatic rings. The molecule has 0 unspecified atom stereocenters. The highest BCUT2D eigenvalue weighted by molar-refractivity contribution is 6.26. The van der Waals surface area contributed by atoms with Crippen LogP contribution in [0.25, 0.3) is 17.1 Å². The molecule has 1 fully saturated rings. The molecule has 1 aromatic carbocycles. The van der Waals surface area contributed by atoms with Crippen molar-refractivity contribution >= 4 is 34.5 Å². The number of piperazine rings is 1. The zero-order chi connectivity index (χ0) is 25.2. The summed E-state index contributed by atoms with van der Waals surface area (Å²) >= 11 is 0. The molecule has 9 heteroatoms. The molecule has 2 aliphatic heterocycles. The number of ether oxygens (including phenoxy) is 1. The van der Waals surface area contributed by atoms with Crippen molar-refractivity contribution in [2.75, 3.05) is 45.1 Å². The number of likely N-dealkylation sites (N-methyl/N-ethyl adjacent to an activating group) is 1. The third kappa shape index (κ3) is 4.89. The summed E-state index contributed by atoms with van der Waals surface area (Å²) in [6, 6.07) is 9.68. The standard InChI is InChI=1S/C27H29N5O4/c1-17-14-18(7-9-32-12-10-31(2)11-13-32)5-6-21(17)30-26-23(27(34)35)24(33)22(36-26)15-19-16-29-25-20(19)4-3-8-28-25/h3-6,8,14-16,30H,7,9-13H2,1-2H3,(H,28,29)(H,34,35). The van der Waals surface area contributed by atoms with Crippen LogP contribution < -0.4 is 5.32 Å². The second-order valence-electron chi connectivity index (χ2n) is 9.26. The van der Waals surface area contributed by atoms with Crippen molar-refractivity contribution < 1.29 is 19.4 Å². The molecule has 9 nitrogen and oxygen atoms in total. The number of H-pyrrole nitrogens is 1. The molecule has 4 heterocycles. The summed E-state index contributed by atoms with van der Waals surface area (Å²) in [5.41, 5.74) is 3.78. The number of aromatic amines is 1. The average molecular weight is 488 g/mol. The molecule has 1 saturated heterocycles. The SMILES string of the molecule is Cc1cc(CCN2CCN(C)CC2)ccc1NC1=C(C(=O)O)C(=O)C(=Cc2c[nH]c3ncccc23)O1. The van der Waals surface area contributed by atoms with Crippen LogP contribution in [-0.4, -0.2) is 76.4 Å². The molecule has 0 atom stereocenters. The molecule has 0 saturated carbocycles. The summed E-state index contributed by atoms with van der Waals surface area (Å²) in [6.45, 7) is 7.30. The number of aromatic nitrogens is 2. The number of nitrogens with one attached hydrogen (secondary N) is 2. The van der Waals surface area contributed by atoms with E-state index >= 15 is 0 Å². The Morgan fingerprint density at radius 2 is 2.06 bits per heavy atom. The maximum Gasteiger partial charge on any atom is 0.345 e. The summed E-state index contributed by atoms with van der Waals surface area (Å²) in [5.74, 6) is -2.15. The molecular formula is C27H29N5O4. The van der Waals surface area contributed by atoms with E-state index in [0.29, 0.717) is 16.9 Å². The van der Waals surface area contributed by atoms with Gasteiger partial charge in [0.15, 0.2) is 11.3 Å². The van der Waals surface area contributed by atoms with Gasteiger partial charge in [-0.2, -0.15) is 0 Å². The highest BCUT2D eigenvalue weighted by atomic mass is 16.5. The predicted octanol–water partition coefficient (Wildman–Crippen LogP) is 3.01. The third-order valence-electron chi connectivity index (χ3n) is 6.73. The van der Waals surface area contributed by atoms with Gasteiger partial charge in [-0.1, -0.05) is 12.1 Å². The number of allylic oxidation sites excluding steroid dienone is 1. The summed E-state index contributed by atoms with van der Waals surface area (Å²) in [5, 5.41) is 13.6. The third-order valence-corrected chi connectivity index (χ3v) is 6.73. The Bertz CT molecular complexity index is 1380. The lowest BCUT2D eigenvalue weighted by molar-refractivity contribution is -0.134. The van der Waals surface area contributed by atoms with Gasteiger partial charge in [0.05, 0.1) is 0 Å². The average Bonchev–Trinajstić information content (AvgIpc) is 3.41. The van der Waals surface area contributed by atoms with Gasteiger partial charge in [-0.3, -0.25) is 4.79 Å². The smallest absolute Gasteiger partial charge is 0.345 e. The van der Waals surface area contributed by atoms with Crippen molar-refractivity contribution in [2.45, 2.75) is 13.3 Å².